The molecule has 0 radical (unpaired) electrons. The molecule has 0 aromatic carbocycles. The SMILES string of the molecule is CNC(=O)C(C)(C)CNc1nc(C(C)C)nc(NC)c1C. The summed E-state index contributed by atoms with van der Waals surface area (Å²) in [6.07, 6.45) is 0. The van der Waals surface area contributed by atoms with Crippen molar-refractivity contribution in [3.8, 4) is 0 Å². The van der Waals surface area contributed by atoms with Crippen LogP contribution in [-0.4, -0.2) is 36.5 Å². The predicted octanol–water partition coefficient (Wildman–Crippen LogP) is 2.13. The molecule has 0 saturated heterocycles. The molecule has 6 nitrogen and oxygen atoms in total. The molecule has 0 atom stereocenters. The second-order valence-corrected chi connectivity index (χ2v) is 6.13. The summed E-state index contributed by atoms with van der Waals surface area (Å²) in [7, 11) is 3.49. The summed E-state index contributed by atoms with van der Waals surface area (Å²) in [5, 5.41) is 9.06. The Morgan fingerprint density at radius 3 is 2.24 bits per heavy atom. The average Bonchev–Trinajstić information content (AvgIpc) is 2.44. The largest absolute Gasteiger partial charge is 0.373 e. The first-order chi connectivity index (χ1) is 9.72. The molecule has 1 amide bonds. The molecule has 0 aliphatic carbocycles. The van der Waals surface area contributed by atoms with Gasteiger partial charge in [-0.3, -0.25) is 4.79 Å². The third-order valence-electron chi connectivity index (χ3n) is 3.46. The molecule has 3 N–H and O–H groups in total. The Balaban J connectivity index is 3.02. The van der Waals surface area contributed by atoms with Gasteiger partial charge in [-0.2, -0.15) is 0 Å². The summed E-state index contributed by atoms with van der Waals surface area (Å²) in [5.74, 6) is 2.61. The number of hydrogen-bond donors (Lipinski definition) is 3. The highest BCUT2D eigenvalue weighted by atomic mass is 16.2. The fourth-order valence-electron chi connectivity index (χ4n) is 1.93. The van der Waals surface area contributed by atoms with Crippen LogP contribution < -0.4 is 16.0 Å². The van der Waals surface area contributed by atoms with Crippen LogP contribution in [0.5, 0.6) is 0 Å². The van der Waals surface area contributed by atoms with E-state index in [1.54, 1.807) is 7.05 Å². The van der Waals surface area contributed by atoms with Gasteiger partial charge in [-0.15, -0.1) is 0 Å². The van der Waals surface area contributed by atoms with Crippen LogP contribution >= 0.6 is 0 Å². The van der Waals surface area contributed by atoms with Crippen molar-refractivity contribution in [3.05, 3.63) is 11.4 Å². The Labute approximate surface area is 127 Å². The Kier molecular flexibility index (Phi) is 5.52. The maximum Gasteiger partial charge on any atom is 0.227 e. The quantitative estimate of drug-likeness (QED) is 0.749. The summed E-state index contributed by atoms with van der Waals surface area (Å²) in [6.45, 7) is 10.4. The molecule has 0 aliphatic rings. The van der Waals surface area contributed by atoms with Crippen LogP contribution in [0, 0.1) is 12.3 Å². The van der Waals surface area contributed by atoms with Crippen LogP contribution in [0.1, 0.15) is 45.0 Å². The number of nitrogens with zero attached hydrogens (tertiary/aromatic N) is 2. The van der Waals surface area contributed by atoms with Crippen LogP contribution in [0.2, 0.25) is 0 Å². The molecule has 1 rings (SSSR count). The zero-order valence-electron chi connectivity index (χ0n) is 14.1. The van der Waals surface area contributed by atoms with Gasteiger partial charge in [0.2, 0.25) is 5.91 Å². The van der Waals surface area contributed by atoms with Gasteiger partial charge >= 0.3 is 0 Å². The van der Waals surface area contributed by atoms with Crippen molar-refractivity contribution < 1.29 is 4.79 Å². The average molecular weight is 293 g/mol. The second kappa shape index (κ2) is 6.74. The minimum absolute atomic E-state index is 0.000341. The highest BCUT2D eigenvalue weighted by Gasteiger charge is 2.27. The molecule has 0 aliphatic heterocycles. The third-order valence-corrected chi connectivity index (χ3v) is 3.46. The van der Waals surface area contributed by atoms with E-state index in [4.69, 9.17) is 0 Å². The van der Waals surface area contributed by atoms with Crippen molar-refractivity contribution in [1.29, 1.82) is 0 Å². The lowest BCUT2D eigenvalue weighted by Gasteiger charge is -2.24. The van der Waals surface area contributed by atoms with Gasteiger partial charge in [0, 0.05) is 32.1 Å². The highest BCUT2D eigenvalue weighted by Crippen LogP contribution is 2.24. The fraction of sp³-hybridized carbons (Fsp3) is 0.667. The molecule has 1 aromatic rings. The van der Waals surface area contributed by atoms with Gasteiger partial charge in [-0.25, -0.2) is 9.97 Å². The van der Waals surface area contributed by atoms with E-state index in [1.807, 2.05) is 27.8 Å². The summed E-state index contributed by atoms with van der Waals surface area (Å²) in [4.78, 5) is 20.9. The molecule has 0 fully saturated rings. The van der Waals surface area contributed by atoms with E-state index < -0.39 is 5.41 Å². The van der Waals surface area contributed by atoms with Crippen molar-refractivity contribution in [2.45, 2.75) is 40.5 Å². The zero-order valence-corrected chi connectivity index (χ0v) is 14.1. The van der Waals surface area contributed by atoms with Crippen LogP contribution in [0.15, 0.2) is 0 Å². The maximum absolute atomic E-state index is 11.8. The Bertz CT molecular complexity index is 511. The Morgan fingerprint density at radius 1 is 1.19 bits per heavy atom. The number of amides is 1. The van der Waals surface area contributed by atoms with Crippen LogP contribution in [0.3, 0.4) is 0 Å². The Hall–Kier alpha value is -1.85. The van der Waals surface area contributed by atoms with Gasteiger partial charge in [-0.1, -0.05) is 13.8 Å². The van der Waals surface area contributed by atoms with Gasteiger partial charge < -0.3 is 16.0 Å². The van der Waals surface area contributed by atoms with Gasteiger partial charge in [0.1, 0.15) is 17.5 Å². The zero-order chi connectivity index (χ0) is 16.2. The molecule has 1 aromatic heterocycles. The number of rotatable bonds is 6. The third kappa shape index (κ3) is 4.06. The van der Waals surface area contributed by atoms with E-state index in [9.17, 15) is 4.79 Å². The monoisotopic (exact) mass is 293 g/mol. The number of anilines is 2. The molecule has 0 saturated carbocycles. The summed E-state index contributed by atoms with van der Waals surface area (Å²) in [5.41, 5.74) is 0.443. The van der Waals surface area contributed by atoms with Gasteiger partial charge in [0.05, 0.1) is 5.41 Å². The van der Waals surface area contributed by atoms with Crippen molar-refractivity contribution >= 4 is 17.5 Å². The van der Waals surface area contributed by atoms with Crippen molar-refractivity contribution in [3.63, 3.8) is 0 Å². The highest BCUT2D eigenvalue weighted by molar-refractivity contribution is 5.82. The lowest BCUT2D eigenvalue weighted by atomic mass is 9.92. The van der Waals surface area contributed by atoms with Crippen LogP contribution in [0.4, 0.5) is 11.6 Å². The van der Waals surface area contributed by atoms with E-state index in [0.29, 0.717) is 6.54 Å². The lowest BCUT2D eigenvalue weighted by molar-refractivity contribution is -0.128. The number of carbonyl (C=O) groups excluding carboxylic acids is 1. The van der Waals surface area contributed by atoms with E-state index in [-0.39, 0.29) is 11.8 Å². The first kappa shape index (κ1) is 17.2. The van der Waals surface area contributed by atoms with E-state index in [1.165, 1.54) is 0 Å². The van der Waals surface area contributed by atoms with Crippen LogP contribution in [-0.2, 0) is 4.79 Å². The summed E-state index contributed by atoms with van der Waals surface area (Å²) in [6, 6.07) is 0. The summed E-state index contributed by atoms with van der Waals surface area (Å²) < 4.78 is 0. The van der Waals surface area contributed by atoms with Crippen molar-refractivity contribution in [1.82, 2.24) is 15.3 Å². The van der Waals surface area contributed by atoms with E-state index in [0.717, 1.165) is 23.0 Å². The number of hydrogen-bond acceptors (Lipinski definition) is 5. The molecule has 0 bridgehead atoms. The van der Waals surface area contributed by atoms with Crippen LogP contribution in [0.25, 0.3) is 0 Å². The molecular formula is C15H27N5O. The minimum Gasteiger partial charge on any atom is -0.373 e. The first-order valence-electron chi connectivity index (χ1n) is 7.25. The van der Waals surface area contributed by atoms with Crippen molar-refractivity contribution in [2.75, 3.05) is 31.3 Å². The molecular weight excluding hydrogens is 266 g/mol. The standard InChI is InChI=1S/C15H27N5O/c1-9(2)11-19-12(16-6)10(3)13(20-11)18-8-15(4,5)14(21)17-7/h9H,8H2,1-7H3,(H,17,21)(H2,16,18,19,20). The molecule has 21 heavy (non-hydrogen) atoms. The Morgan fingerprint density at radius 2 is 1.76 bits per heavy atom. The fourth-order valence-corrected chi connectivity index (χ4v) is 1.93. The van der Waals surface area contributed by atoms with Gasteiger partial charge in [0.15, 0.2) is 0 Å². The molecule has 1 heterocycles. The second-order valence-electron chi connectivity index (χ2n) is 6.13. The molecule has 118 valence electrons. The summed E-state index contributed by atoms with van der Waals surface area (Å²) >= 11 is 0. The lowest BCUT2D eigenvalue weighted by Crippen LogP contribution is -2.39. The number of carbonyl (C=O) groups is 1. The normalized spacial score (nSPS) is 11.4. The van der Waals surface area contributed by atoms with Gasteiger partial charge in [-0.05, 0) is 20.8 Å². The van der Waals surface area contributed by atoms with E-state index >= 15 is 0 Å². The smallest absolute Gasteiger partial charge is 0.227 e. The van der Waals surface area contributed by atoms with E-state index in [2.05, 4.69) is 39.8 Å². The molecule has 0 unspecified atom stereocenters. The first-order valence-corrected chi connectivity index (χ1v) is 7.25. The number of aromatic nitrogens is 2. The van der Waals surface area contributed by atoms with Gasteiger partial charge in [0.25, 0.3) is 0 Å². The maximum atomic E-state index is 11.8. The topological polar surface area (TPSA) is 78.9 Å². The molecule has 0 spiro atoms. The number of nitrogens with one attached hydrogen (secondary N) is 3. The minimum atomic E-state index is -0.510. The van der Waals surface area contributed by atoms with Crippen molar-refractivity contribution in [2.24, 2.45) is 5.41 Å². The predicted molar refractivity (Wildman–Crippen MR) is 86.7 cm³/mol. The molecule has 6 heteroatoms.